The Morgan fingerprint density at radius 1 is 1.18 bits per heavy atom. The third-order valence-corrected chi connectivity index (χ3v) is 2.77. The molecule has 0 aliphatic heterocycles. The van der Waals surface area contributed by atoms with Gasteiger partial charge >= 0.3 is 0 Å². The predicted molar refractivity (Wildman–Crippen MR) is 69.2 cm³/mol. The molecule has 84 valence electrons. The van der Waals surface area contributed by atoms with Crippen LogP contribution in [0.3, 0.4) is 0 Å². The number of imidazole rings is 1. The third kappa shape index (κ3) is 1.76. The fraction of sp³-hybridized carbons (Fsp3) is 0. The van der Waals surface area contributed by atoms with Crippen molar-refractivity contribution in [2.75, 3.05) is 5.73 Å². The average molecular weight is 290 g/mol. The second kappa shape index (κ2) is 3.81. The van der Waals surface area contributed by atoms with Gasteiger partial charge < -0.3 is 10.7 Å². The minimum absolute atomic E-state index is 0.354. The molecule has 1 aromatic carbocycles. The number of benzene rings is 1. The smallest absolute Gasteiger partial charge is 0.161 e. The van der Waals surface area contributed by atoms with Crippen LogP contribution in [0.5, 0.6) is 0 Å². The number of nitrogen functional groups attached to an aromatic ring is 1. The molecule has 0 atom stereocenters. The molecule has 0 saturated carbocycles. The highest BCUT2D eigenvalue weighted by atomic mass is 79.9. The highest BCUT2D eigenvalue weighted by Crippen LogP contribution is 2.23. The Labute approximate surface area is 105 Å². The van der Waals surface area contributed by atoms with Crippen LogP contribution in [0, 0.1) is 0 Å². The Hall–Kier alpha value is -1.95. The van der Waals surface area contributed by atoms with Gasteiger partial charge in [0.05, 0.1) is 17.2 Å². The van der Waals surface area contributed by atoms with Crippen molar-refractivity contribution >= 4 is 32.8 Å². The van der Waals surface area contributed by atoms with Crippen LogP contribution in [-0.4, -0.2) is 19.9 Å². The van der Waals surface area contributed by atoms with Crippen LogP contribution >= 0.6 is 15.9 Å². The number of nitrogens with zero attached hydrogens (tertiary/aromatic N) is 3. The molecule has 0 saturated heterocycles. The summed E-state index contributed by atoms with van der Waals surface area (Å²) in [5.74, 6) is 0.977. The highest BCUT2D eigenvalue weighted by molar-refractivity contribution is 9.10. The Balaban J connectivity index is 2.23. The summed E-state index contributed by atoms with van der Waals surface area (Å²) in [5.41, 5.74) is 8.17. The van der Waals surface area contributed by atoms with E-state index in [1.54, 1.807) is 6.20 Å². The van der Waals surface area contributed by atoms with Crippen LogP contribution in [0.2, 0.25) is 0 Å². The number of aromatic nitrogens is 4. The first kappa shape index (κ1) is 10.2. The van der Waals surface area contributed by atoms with Crippen molar-refractivity contribution in [2.24, 2.45) is 0 Å². The monoisotopic (exact) mass is 289 g/mol. The summed E-state index contributed by atoms with van der Waals surface area (Å²) in [4.78, 5) is 15.9. The van der Waals surface area contributed by atoms with E-state index in [0.717, 1.165) is 11.0 Å². The van der Waals surface area contributed by atoms with Crippen LogP contribution in [0.1, 0.15) is 0 Å². The van der Waals surface area contributed by atoms with Crippen molar-refractivity contribution in [1.29, 1.82) is 0 Å². The first-order valence-electron chi connectivity index (χ1n) is 4.97. The Morgan fingerprint density at radius 2 is 2.00 bits per heavy atom. The van der Waals surface area contributed by atoms with E-state index in [1.165, 1.54) is 0 Å². The molecule has 6 heteroatoms. The van der Waals surface area contributed by atoms with Gasteiger partial charge in [-0.2, -0.15) is 0 Å². The minimum atomic E-state index is 0.354. The Bertz CT molecular complexity index is 658. The van der Waals surface area contributed by atoms with Crippen molar-refractivity contribution in [3.8, 4) is 11.5 Å². The molecule has 2 aromatic heterocycles. The zero-order valence-corrected chi connectivity index (χ0v) is 10.3. The lowest BCUT2D eigenvalue weighted by Gasteiger charge is -2.00. The number of H-pyrrole nitrogens is 1. The zero-order chi connectivity index (χ0) is 11.8. The van der Waals surface area contributed by atoms with Crippen molar-refractivity contribution in [1.82, 2.24) is 19.9 Å². The topological polar surface area (TPSA) is 80.5 Å². The molecule has 0 amide bonds. The maximum absolute atomic E-state index is 5.79. The van der Waals surface area contributed by atoms with Gasteiger partial charge in [0.25, 0.3) is 0 Å². The molecule has 0 radical (unpaired) electrons. The Kier molecular flexibility index (Phi) is 2.29. The van der Waals surface area contributed by atoms with E-state index >= 15 is 0 Å². The van der Waals surface area contributed by atoms with Gasteiger partial charge in [-0.15, -0.1) is 0 Å². The number of nitrogens with two attached hydrogens (primary N) is 1. The largest absolute Gasteiger partial charge is 0.382 e. The van der Waals surface area contributed by atoms with E-state index in [2.05, 4.69) is 35.9 Å². The fourth-order valence-corrected chi connectivity index (χ4v) is 1.90. The van der Waals surface area contributed by atoms with Gasteiger partial charge in [-0.05, 0) is 28.1 Å². The Morgan fingerprint density at radius 3 is 2.82 bits per heavy atom. The van der Waals surface area contributed by atoms with Crippen molar-refractivity contribution in [3.63, 3.8) is 0 Å². The molecule has 0 fully saturated rings. The summed E-state index contributed by atoms with van der Waals surface area (Å²) in [6, 6.07) is 7.76. The lowest BCUT2D eigenvalue weighted by Crippen LogP contribution is -1.98. The van der Waals surface area contributed by atoms with Gasteiger partial charge in [0.1, 0.15) is 10.3 Å². The van der Waals surface area contributed by atoms with Crippen LogP contribution < -0.4 is 5.73 Å². The van der Waals surface area contributed by atoms with Crippen molar-refractivity contribution in [3.05, 3.63) is 35.1 Å². The predicted octanol–water partition coefficient (Wildman–Crippen LogP) is 2.36. The fourth-order valence-electron chi connectivity index (χ4n) is 1.62. The number of aromatic amines is 1. The van der Waals surface area contributed by atoms with E-state index in [0.29, 0.717) is 21.9 Å². The highest BCUT2D eigenvalue weighted by Gasteiger charge is 2.11. The number of fused-ring (bicyclic) bond motifs is 1. The summed E-state index contributed by atoms with van der Waals surface area (Å²) < 4.78 is 0.627. The molecule has 3 N–H and O–H groups in total. The van der Waals surface area contributed by atoms with Gasteiger partial charge in [0.2, 0.25) is 0 Å². The molecule has 0 unspecified atom stereocenters. The first-order chi connectivity index (χ1) is 8.24. The molecule has 3 rings (SSSR count). The van der Waals surface area contributed by atoms with Gasteiger partial charge in [-0.25, -0.2) is 15.0 Å². The number of hydrogen-bond donors (Lipinski definition) is 2. The van der Waals surface area contributed by atoms with Crippen molar-refractivity contribution < 1.29 is 0 Å². The summed E-state index contributed by atoms with van der Waals surface area (Å²) in [7, 11) is 0. The van der Waals surface area contributed by atoms with Gasteiger partial charge in [0, 0.05) is 0 Å². The third-order valence-electron chi connectivity index (χ3n) is 2.39. The summed E-state index contributed by atoms with van der Waals surface area (Å²) >= 11 is 3.27. The van der Waals surface area contributed by atoms with Gasteiger partial charge in [-0.3, -0.25) is 0 Å². The maximum atomic E-state index is 5.79. The molecule has 0 bridgehead atoms. The number of hydrogen-bond acceptors (Lipinski definition) is 4. The van der Waals surface area contributed by atoms with E-state index in [1.807, 2.05) is 24.3 Å². The standard InChI is InChI=1S/C11H8BrN5/c12-8-5-14-10(13)9(17-8)11-15-6-3-1-2-4-7(6)16-11/h1-5H,(H2,13,14)(H,15,16). The van der Waals surface area contributed by atoms with Crippen LogP contribution in [0.25, 0.3) is 22.6 Å². The molecule has 0 spiro atoms. The van der Waals surface area contributed by atoms with Crippen LogP contribution in [0.15, 0.2) is 35.1 Å². The molecule has 2 heterocycles. The van der Waals surface area contributed by atoms with Crippen LogP contribution in [0.4, 0.5) is 5.82 Å². The minimum Gasteiger partial charge on any atom is -0.382 e. The zero-order valence-electron chi connectivity index (χ0n) is 8.68. The van der Waals surface area contributed by atoms with E-state index < -0.39 is 0 Å². The van der Waals surface area contributed by atoms with E-state index in [-0.39, 0.29) is 0 Å². The summed E-state index contributed by atoms with van der Waals surface area (Å²) in [6.07, 6.45) is 1.56. The van der Waals surface area contributed by atoms with E-state index in [9.17, 15) is 0 Å². The molecule has 3 aromatic rings. The van der Waals surface area contributed by atoms with Gasteiger partial charge in [0.15, 0.2) is 11.6 Å². The number of para-hydroxylation sites is 2. The van der Waals surface area contributed by atoms with Crippen molar-refractivity contribution in [2.45, 2.75) is 0 Å². The van der Waals surface area contributed by atoms with E-state index in [4.69, 9.17) is 5.73 Å². The number of halogens is 1. The number of rotatable bonds is 1. The molecule has 5 nitrogen and oxygen atoms in total. The normalized spacial score (nSPS) is 10.9. The van der Waals surface area contributed by atoms with Crippen LogP contribution in [-0.2, 0) is 0 Å². The first-order valence-corrected chi connectivity index (χ1v) is 5.76. The molecular formula is C11H8BrN5. The number of nitrogens with one attached hydrogen (secondary N) is 1. The SMILES string of the molecule is Nc1ncc(Br)nc1-c1nc2ccccc2[nH]1. The van der Waals surface area contributed by atoms with Gasteiger partial charge in [-0.1, -0.05) is 12.1 Å². The molecule has 17 heavy (non-hydrogen) atoms. The quantitative estimate of drug-likeness (QED) is 0.721. The lowest BCUT2D eigenvalue weighted by molar-refractivity contribution is 1.15. The second-order valence-corrected chi connectivity index (χ2v) is 4.34. The average Bonchev–Trinajstić information content (AvgIpc) is 2.75. The molecule has 0 aliphatic carbocycles. The maximum Gasteiger partial charge on any atom is 0.161 e. The second-order valence-electron chi connectivity index (χ2n) is 3.53. The summed E-state index contributed by atoms with van der Waals surface area (Å²) in [6.45, 7) is 0. The summed E-state index contributed by atoms with van der Waals surface area (Å²) in [5, 5.41) is 0. The molecular weight excluding hydrogens is 282 g/mol. The lowest BCUT2D eigenvalue weighted by atomic mass is 10.3. The number of anilines is 1. The molecule has 0 aliphatic rings.